The minimum atomic E-state index is 0.873. The van der Waals surface area contributed by atoms with Crippen LogP contribution in [-0.4, -0.2) is 15.0 Å². The van der Waals surface area contributed by atoms with Crippen molar-refractivity contribution in [2.24, 2.45) is 0 Å². The van der Waals surface area contributed by atoms with Gasteiger partial charge in [-0.15, -0.1) is 0 Å². The first-order chi connectivity index (χ1) is 21.8. The Morgan fingerprint density at radius 2 is 0.841 bits per heavy atom. The van der Waals surface area contributed by atoms with Gasteiger partial charge in [-0.1, -0.05) is 97.1 Å². The molecule has 0 aliphatic rings. The molecule has 0 spiro atoms. The van der Waals surface area contributed by atoms with Gasteiger partial charge in [0.1, 0.15) is 0 Å². The summed E-state index contributed by atoms with van der Waals surface area (Å²) in [5.74, 6) is 0. The summed E-state index contributed by atoms with van der Waals surface area (Å²) < 4.78 is 0. The van der Waals surface area contributed by atoms with E-state index in [1.165, 1.54) is 43.8 Å². The Bertz CT molecular complexity index is 2220. The summed E-state index contributed by atoms with van der Waals surface area (Å²) in [7, 11) is 0. The van der Waals surface area contributed by atoms with Gasteiger partial charge in [-0.05, 0) is 97.4 Å². The molecule has 3 heteroatoms. The van der Waals surface area contributed by atoms with Crippen LogP contribution in [0.2, 0.25) is 0 Å². The van der Waals surface area contributed by atoms with Crippen LogP contribution in [0.3, 0.4) is 0 Å². The summed E-state index contributed by atoms with van der Waals surface area (Å²) in [6.45, 7) is 0. The van der Waals surface area contributed by atoms with E-state index in [1.807, 2.05) is 24.5 Å². The molecule has 206 valence electrons. The molecule has 0 aliphatic carbocycles. The smallest absolute Gasteiger partial charge is 0.0731 e. The lowest BCUT2D eigenvalue weighted by molar-refractivity contribution is 1.26. The van der Waals surface area contributed by atoms with Crippen LogP contribution in [0.5, 0.6) is 0 Å². The Morgan fingerprint density at radius 1 is 0.341 bits per heavy atom. The first-order valence-corrected chi connectivity index (χ1v) is 14.8. The molecule has 0 amide bonds. The molecular formula is C41H27N3. The molecule has 8 aromatic rings. The first-order valence-electron chi connectivity index (χ1n) is 14.8. The van der Waals surface area contributed by atoms with Gasteiger partial charge in [0.2, 0.25) is 0 Å². The molecule has 0 saturated carbocycles. The quantitative estimate of drug-likeness (QED) is 0.196. The van der Waals surface area contributed by atoms with Crippen LogP contribution < -0.4 is 0 Å². The van der Waals surface area contributed by atoms with Crippen molar-refractivity contribution in [1.82, 2.24) is 15.0 Å². The number of hydrogen-bond donors (Lipinski definition) is 0. The van der Waals surface area contributed by atoms with Crippen molar-refractivity contribution < 1.29 is 0 Å². The lowest BCUT2D eigenvalue weighted by atomic mass is 9.86. The molecule has 8 rings (SSSR count). The van der Waals surface area contributed by atoms with Crippen molar-refractivity contribution in [3.05, 3.63) is 164 Å². The molecule has 0 saturated heterocycles. The first kappa shape index (κ1) is 25.8. The lowest BCUT2D eigenvalue weighted by Gasteiger charge is -2.18. The highest BCUT2D eigenvalue weighted by atomic mass is 14.7. The van der Waals surface area contributed by atoms with Gasteiger partial charge in [-0.25, -0.2) is 4.98 Å². The molecular weight excluding hydrogens is 534 g/mol. The standard InChI is InChI=1S/C41H27N3/c1-2-14-32-28(11-1)23-39(37-19-7-5-16-34(32)37)38-20-8-6-18-36(38)35-17-4-3-15-33(35)31-24-40(29-12-9-21-42-26-29)44-41(25-31)30-13-10-22-43-27-30/h1-27H. The third-order valence-corrected chi connectivity index (χ3v) is 8.25. The van der Waals surface area contributed by atoms with E-state index in [4.69, 9.17) is 4.98 Å². The van der Waals surface area contributed by atoms with Crippen molar-refractivity contribution in [2.75, 3.05) is 0 Å². The van der Waals surface area contributed by atoms with E-state index in [-0.39, 0.29) is 0 Å². The molecule has 0 N–H and O–H groups in total. The molecule has 0 aliphatic heterocycles. The van der Waals surface area contributed by atoms with E-state index >= 15 is 0 Å². The van der Waals surface area contributed by atoms with E-state index in [0.29, 0.717) is 0 Å². The molecule has 44 heavy (non-hydrogen) atoms. The average molecular weight is 562 g/mol. The molecule has 0 bridgehead atoms. The highest BCUT2D eigenvalue weighted by Crippen LogP contribution is 2.43. The van der Waals surface area contributed by atoms with Gasteiger partial charge in [0.05, 0.1) is 11.4 Å². The highest BCUT2D eigenvalue weighted by Gasteiger charge is 2.17. The van der Waals surface area contributed by atoms with Crippen LogP contribution in [0.15, 0.2) is 164 Å². The second-order valence-corrected chi connectivity index (χ2v) is 10.9. The fraction of sp³-hybridized carbons (Fsp3) is 0. The zero-order valence-corrected chi connectivity index (χ0v) is 23.9. The third-order valence-electron chi connectivity index (χ3n) is 8.25. The van der Waals surface area contributed by atoms with Crippen LogP contribution in [0.25, 0.3) is 77.4 Å². The molecule has 3 aromatic heterocycles. The molecule has 0 radical (unpaired) electrons. The molecule has 3 heterocycles. The van der Waals surface area contributed by atoms with Gasteiger partial charge in [0.15, 0.2) is 0 Å². The van der Waals surface area contributed by atoms with Crippen molar-refractivity contribution in [2.45, 2.75) is 0 Å². The summed E-state index contributed by atoms with van der Waals surface area (Å²) >= 11 is 0. The number of fused-ring (bicyclic) bond motifs is 3. The van der Waals surface area contributed by atoms with Crippen LogP contribution in [0.4, 0.5) is 0 Å². The van der Waals surface area contributed by atoms with Crippen LogP contribution in [0, 0.1) is 0 Å². The predicted octanol–water partition coefficient (Wildman–Crippen LogP) is 10.5. The van der Waals surface area contributed by atoms with E-state index in [2.05, 4.69) is 137 Å². The minimum Gasteiger partial charge on any atom is -0.264 e. The topological polar surface area (TPSA) is 38.7 Å². The number of pyridine rings is 3. The largest absolute Gasteiger partial charge is 0.264 e. The van der Waals surface area contributed by atoms with E-state index in [9.17, 15) is 0 Å². The summed E-state index contributed by atoms with van der Waals surface area (Å²) in [6, 6.07) is 49.5. The van der Waals surface area contributed by atoms with Crippen LogP contribution in [-0.2, 0) is 0 Å². The summed E-state index contributed by atoms with van der Waals surface area (Å²) in [6.07, 6.45) is 7.31. The predicted molar refractivity (Wildman–Crippen MR) is 182 cm³/mol. The molecule has 0 atom stereocenters. The zero-order valence-electron chi connectivity index (χ0n) is 23.9. The normalized spacial score (nSPS) is 11.2. The number of aromatic nitrogens is 3. The van der Waals surface area contributed by atoms with Gasteiger partial charge in [0.25, 0.3) is 0 Å². The number of rotatable bonds is 5. The fourth-order valence-electron chi connectivity index (χ4n) is 6.21. The summed E-state index contributed by atoms with van der Waals surface area (Å²) in [5.41, 5.74) is 10.7. The molecule has 0 unspecified atom stereocenters. The maximum atomic E-state index is 5.05. The number of hydrogen-bond acceptors (Lipinski definition) is 3. The van der Waals surface area contributed by atoms with Gasteiger partial charge in [-0.2, -0.15) is 0 Å². The maximum absolute atomic E-state index is 5.05. The Morgan fingerprint density at radius 3 is 1.45 bits per heavy atom. The van der Waals surface area contributed by atoms with Gasteiger partial charge in [0, 0.05) is 35.9 Å². The lowest BCUT2D eigenvalue weighted by Crippen LogP contribution is -1.94. The summed E-state index contributed by atoms with van der Waals surface area (Å²) in [5, 5.41) is 5.02. The Kier molecular flexibility index (Phi) is 6.47. The van der Waals surface area contributed by atoms with Crippen molar-refractivity contribution >= 4 is 21.5 Å². The fourth-order valence-corrected chi connectivity index (χ4v) is 6.21. The number of nitrogens with zero attached hydrogens (tertiary/aromatic N) is 3. The monoisotopic (exact) mass is 561 g/mol. The average Bonchev–Trinajstić information content (AvgIpc) is 3.12. The second kappa shape index (κ2) is 11.0. The minimum absolute atomic E-state index is 0.873. The molecule has 3 nitrogen and oxygen atoms in total. The molecule has 0 fully saturated rings. The van der Waals surface area contributed by atoms with Crippen LogP contribution in [0.1, 0.15) is 0 Å². The summed E-state index contributed by atoms with van der Waals surface area (Å²) in [4.78, 5) is 13.8. The second-order valence-electron chi connectivity index (χ2n) is 10.9. The van der Waals surface area contributed by atoms with E-state index in [1.54, 1.807) is 12.4 Å². The van der Waals surface area contributed by atoms with Crippen molar-refractivity contribution in [3.63, 3.8) is 0 Å². The van der Waals surface area contributed by atoms with Gasteiger partial charge in [-0.3, -0.25) is 9.97 Å². The zero-order chi connectivity index (χ0) is 29.3. The van der Waals surface area contributed by atoms with Gasteiger partial charge < -0.3 is 0 Å². The van der Waals surface area contributed by atoms with Crippen LogP contribution >= 0.6 is 0 Å². The van der Waals surface area contributed by atoms with Crippen molar-refractivity contribution in [3.8, 4) is 55.9 Å². The Balaban J connectivity index is 1.37. The van der Waals surface area contributed by atoms with Crippen molar-refractivity contribution in [1.29, 1.82) is 0 Å². The SMILES string of the molecule is c1cncc(-c2cc(-c3ccccc3-c3ccccc3-c3cc4ccccc4c4ccccc34)cc(-c3cccnc3)n2)c1. The number of benzene rings is 5. The highest BCUT2D eigenvalue weighted by molar-refractivity contribution is 6.15. The maximum Gasteiger partial charge on any atom is 0.0731 e. The molecule has 5 aromatic carbocycles. The van der Waals surface area contributed by atoms with E-state index in [0.717, 1.165) is 33.6 Å². The Hall–Kier alpha value is -5.93. The van der Waals surface area contributed by atoms with E-state index < -0.39 is 0 Å². The Labute approximate surface area is 256 Å². The third kappa shape index (κ3) is 4.61. The van der Waals surface area contributed by atoms with Gasteiger partial charge >= 0.3 is 0 Å².